The molecule has 0 saturated heterocycles. The molecular formula is C8H6N2O3S. The van der Waals surface area contributed by atoms with Crippen LogP contribution < -0.4 is 5.32 Å². The van der Waals surface area contributed by atoms with Gasteiger partial charge in [0.1, 0.15) is 4.88 Å². The van der Waals surface area contributed by atoms with E-state index in [0.717, 1.165) is 11.3 Å². The summed E-state index contributed by atoms with van der Waals surface area (Å²) in [6, 6.07) is 0. The van der Waals surface area contributed by atoms with Crippen molar-refractivity contribution in [3.05, 3.63) is 11.1 Å². The molecule has 0 bridgehead atoms. The molecule has 1 aromatic rings. The third-order valence-corrected chi connectivity index (χ3v) is 2.13. The number of rotatable bonds is 3. The maximum atomic E-state index is 11.0. The van der Waals surface area contributed by atoms with E-state index < -0.39 is 5.97 Å². The fourth-order valence-corrected chi connectivity index (χ4v) is 1.36. The number of carboxylic acids is 1. The van der Waals surface area contributed by atoms with E-state index in [1.54, 1.807) is 0 Å². The van der Waals surface area contributed by atoms with E-state index in [2.05, 4.69) is 16.2 Å². The highest BCUT2D eigenvalue weighted by Gasteiger charge is 2.09. The lowest BCUT2D eigenvalue weighted by Gasteiger charge is -1.94. The van der Waals surface area contributed by atoms with E-state index in [1.807, 2.05) is 0 Å². The van der Waals surface area contributed by atoms with Crippen molar-refractivity contribution in [3.8, 4) is 12.3 Å². The highest BCUT2D eigenvalue weighted by Crippen LogP contribution is 2.17. The van der Waals surface area contributed by atoms with Crippen molar-refractivity contribution >= 4 is 28.3 Å². The molecule has 0 spiro atoms. The molecule has 0 aliphatic heterocycles. The summed E-state index contributed by atoms with van der Waals surface area (Å²) in [7, 11) is 0. The highest BCUT2D eigenvalue weighted by molar-refractivity contribution is 7.17. The van der Waals surface area contributed by atoms with Gasteiger partial charge in [0.25, 0.3) is 0 Å². The lowest BCUT2D eigenvalue weighted by atomic mass is 10.4. The third-order valence-electron chi connectivity index (χ3n) is 1.23. The summed E-state index contributed by atoms with van der Waals surface area (Å²) in [4.78, 5) is 25.2. The quantitative estimate of drug-likeness (QED) is 0.723. The number of amides is 1. The topological polar surface area (TPSA) is 79.3 Å². The maximum Gasteiger partial charge on any atom is 0.347 e. The monoisotopic (exact) mass is 210 g/mol. The molecule has 72 valence electrons. The van der Waals surface area contributed by atoms with Crippen molar-refractivity contribution in [1.29, 1.82) is 0 Å². The minimum absolute atomic E-state index is 0.0536. The Kier molecular flexibility index (Phi) is 3.20. The Balaban J connectivity index is 2.65. The van der Waals surface area contributed by atoms with Crippen molar-refractivity contribution in [1.82, 2.24) is 4.98 Å². The zero-order valence-corrected chi connectivity index (χ0v) is 7.80. The number of aromatic carboxylic acids is 1. The van der Waals surface area contributed by atoms with Crippen molar-refractivity contribution in [2.45, 2.75) is 6.42 Å². The predicted octanol–water partition coefficient (Wildman–Crippen LogP) is 0.803. The smallest absolute Gasteiger partial charge is 0.347 e. The number of aromatic nitrogens is 1. The van der Waals surface area contributed by atoms with Gasteiger partial charge in [-0.1, -0.05) is 17.3 Å². The molecule has 0 saturated carbocycles. The second-order valence-electron chi connectivity index (χ2n) is 2.26. The van der Waals surface area contributed by atoms with E-state index in [1.165, 1.54) is 6.20 Å². The van der Waals surface area contributed by atoms with Crippen LogP contribution in [0.1, 0.15) is 16.1 Å². The fourth-order valence-electron chi connectivity index (χ4n) is 0.687. The Labute approximate surface area is 83.8 Å². The van der Waals surface area contributed by atoms with Gasteiger partial charge in [-0.25, -0.2) is 9.78 Å². The third kappa shape index (κ3) is 2.57. The normalized spacial score (nSPS) is 9.07. The molecule has 1 aromatic heterocycles. The zero-order chi connectivity index (χ0) is 10.6. The van der Waals surface area contributed by atoms with Crippen LogP contribution in [0.15, 0.2) is 6.20 Å². The average molecular weight is 210 g/mol. The molecule has 14 heavy (non-hydrogen) atoms. The van der Waals surface area contributed by atoms with Gasteiger partial charge >= 0.3 is 5.97 Å². The van der Waals surface area contributed by atoms with Gasteiger partial charge in [-0.3, -0.25) is 4.79 Å². The molecule has 0 atom stereocenters. The number of hydrogen-bond donors (Lipinski definition) is 2. The number of nitrogens with zero attached hydrogens (tertiary/aromatic N) is 1. The average Bonchev–Trinajstić information content (AvgIpc) is 2.53. The largest absolute Gasteiger partial charge is 0.477 e. The Morgan fingerprint density at radius 1 is 1.71 bits per heavy atom. The lowest BCUT2D eigenvalue weighted by molar-refractivity contribution is -0.115. The van der Waals surface area contributed by atoms with Crippen LogP contribution in [0, 0.1) is 12.3 Å². The van der Waals surface area contributed by atoms with E-state index in [9.17, 15) is 9.59 Å². The van der Waals surface area contributed by atoms with Crippen LogP contribution in [0.2, 0.25) is 0 Å². The second kappa shape index (κ2) is 4.39. The van der Waals surface area contributed by atoms with Crippen LogP contribution in [-0.4, -0.2) is 22.0 Å². The summed E-state index contributed by atoms with van der Waals surface area (Å²) < 4.78 is 0. The van der Waals surface area contributed by atoms with Crippen molar-refractivity contribution < 1.29 is 14.7 Å². The first-order valence-corrected chi connectivity index (χ1v) is 4.37. The molecule has 5 nitrogen and oxygen atoms in total. The maximum absolute atomic E-state index is 11.0. The van der Waals surface area contributed by atoms with Crippen molar-refractivity contribution in [2.24, 2.45) is 0 Å². The summed E-state index contributed by atoms with van der Waals surface area (Å²) in [5, 5.41) is 11.2. The molecule has 0 aliphatic rings. The predicted molar refractivity (Wildman–Crippen MR) is 51.2 cm³/mol. The minimum atomic E-state index is -1.07. The molecule has 0 fully saturated rings. The SMILES string of the molecule is C#CCC(=O)Nc1ncc(C(=O)O)s1. The van der Waals surface area contributed by atoms with Crippen molar-refractivity contribution in [3.63, 3.8) is 0 Å². The van der Waals surface area contributed by atoms with E-state index in [4.69, 9.17) is 11.5 Å². The van der Waals surface area contributed by atoms with Gasteiger partial charge in [-0.15, -0.1) is 6.42 Å². The molecule has 0 unspecified atom stereocenters. The molecule has 1 amide bonds. The summed E-state index contributed by atoms with van der Waals surface area (Å²) in [5.74, 6) is 0.720. The number of anilines is 1. The first-order chi connectivity index (χ1) is 6.63. The van der Waals surface area contributed by atoms with Gasteiger partial charge in [-0.2, -0.15) is 0 Å². The van der Waals surface area contributed by atoms with Gasteiger partial charge in [0.15, 0.2) is 5.13 Å². The van der Waals surface area contributed by atoms with E-state index in [0.29, 0.717) is 0 Å². The van der Waals surface area contributed by atoms with Gasteiger partial charge in [-0.05, 0) is 0 Å². The number of carbonyl (C=O) groups is 2. The molecule has 6 heteroatoms. The van der Waals surface area contributed by atoms with Crippen LogP contribution in [0.5, 0.6) is 0 Å². The van der Waals surface area contributed by atoms with Gasteiger partial charge < -0.3 is 10.4 Å². The van der Waals surface area contributed by atoms with Gasteiger partial charge in [0.05, 0.1) is 12.6 Å². The molecule has 1 heterocycles. The van der Waals surface area contributed by atoms with Crippen LogP contribution in [0.4, 0.5) is 5.13 Å². The zero-order valence-electron chi connectivity index (χ0n) is 6.98. The number of terminal acetylenes is 1. The number of carboxylic acid groups (broad SMARTS) is 1. The van der Waals surface area contributed by atoms with Gasteiger partial charge in [0, 0.05) is 0 Å². The summed E-state index contributed by atoms with van der Waals surface area (Å²) in [6.07, 6.45) is 6.04. The second-order valence-corrected chi connectivity index (χ2v) is 3.29. The Bertz CT molecular complexity index is 405. The molecule has 2 N–H and O–H groups in total. The van der Waals surface area contributed by atoms with E-state index in [-0.39, 0.29) is 22.3 Å². The molecule has 0 radical (unpaired) electrons. The number of nitrogens with one attached hydrogen (secondary N) is 1. The first kappa shape index (κ1) is 10.2. The van der Waals surface area contributed by atoms with Crippen LogP contribution in [0.3, 0.4) is 0 Å². The molecule has 1 rings (SSSR count). The standard InChI is InChI=1S/C8H6N2O3S/c1-2-3-6(11)10-8-9-4-5(14-8)7(12)13/h1,4H,3H2,(H,12,13)(H,9,10,11). The summed E-state index contributed by atoms with van der Waals surface area (Å²) in [5.41, 5.74) is 0. The Morgan fingerprint density at radius 2 is 2.43 bits per heavy atom. The van der Waals surface area contributed by atoms with Crippen LogP contribution in [0.25, 0.3) is 0 Å². The summed E-state index contributed by atoms with van der Waals surface area (Å²) in [6.45, 7) is 0. The highest BCUT2D eigenvalue weighted by atomic mass is 32.1. The van der Waals surface area contributed by atoms with Crippen LogP contribution in [-0.2, 0) is 4.79 Å². The Morgan fingerprint density at radius 3 is 2.93 bits per heavy atom. The summed E-state index contributed by atoms with van der Waals surface area (Å²) >= 11 is 0.884. The molecular weight excluding hydrogens is 204 g/mol. The lowest BCUT2D eigenvalue weighted by Crippen LogP contribution is -2.09. The molecule has 0 aromatic carbocycles. The van der Waals surface area contributed by atoms with Gasteiger partial charge in [0.2, 0.25) is 5.91 Å². The molecule has 0 aliphatic carbocycles. The number of thiazole rings is 1. The Hall–Kier alpha value is -1.87. The fraction of sp³-hybridized carbons (Fsp3) is 0.125. The van der Waals surface area contributed by atoms with Crippen molar-refractivity contribution in [2.75, 3.05) is 5.32 Å². The van der Waals surface area contributed by atoms with E-state index >= 15 is 0 Å². The minimum Gasteiger partial charge on any atom is -0.477 e. The van der Waals surface area contributed by atoms with Crippen LogP contribution >= 0.6 is 11.3 Å². The first-order valence-electron chi connectivity index (χ1n) is 3.56. The number of carbonyl (C=O) groups excluding carboxylic acids is 1. The number of hydrogen-bond acceptors (Lipinski definition) is 4.